The van der Waals surface area contributed by atoms with Crippen molar-refractivity contribution < 1.29 is 23.3 Å². The van der Waals surface area contributed by atoms with Gasteiger partial charge in [-0.1, -0.05) is 35.5 Å². The molecule has 1 fully saturated rings. The first kappa shape index (κ1) is 19.1. The maximum atomic E-state index is 12.5. The lowest BCUT2D eigenvalue weighted by molar-refractivity contribution is -0.149. The smallest absolute Gasteiger partial charge is 0.311 e. The monoisotopic (exact) mass is 416 g/mol. The molecule has 0 radical (unpaired) electrons. The summed E-state index contributed by atoms with van der Waals surface area (Å²) in [5, 5.41) is 4.92. The van der Waals surface area contributed by atoms with Gasteiger partial charge in [0.05, 0.1) is 5.92 Å². The van der Waals surface area contributed by atoms with Crippen molar-refractivity contribution >= 4 is 28.5 Å². The molecule has 2 aromatic carbocycles. The molecule has 1 aliphatic rings. The summed E-state index contributed by atoms with van der Waals surface area (Å²) in [7, 11) is 0. The summed E-state index contributed by atoms with van der Waals surface area (Å²) in [5.41, 5.74) is 3.09. The Morgan fingerprint density at radius 3 is 2.84 bits per heavy atom. The average Bonchev–Trinajstić information content (AvgIpc) is 3.49. The van der Waals surface area contributed by atoms with E-state index in [-0.39, 0.29) is 18.9 Å². The van der Waals surface area contributed by atoms with E-state index in [2.05, 4.69) is 5.16 Å². The van der Waals surface area contributed by atoms with E-state index >= 15 is 0 Å². The lowest BCUT2D eigenvalue weighted by Gasteiger charge is -2.17. The van der Waals surface area contributed by atoms with Crippen LogP contribution in [-0.2, 0) is 20.9 Å². The van der Waals surface area contributed by atoms with Crippen LogP contribution in [-0.4, -0.2) is 23.6 Å². The van der Waals surface area contributed by atoms with Gasteiger partial charge in [-0.25, -0.2) is 0 Å². The number of hydrogen-bond donors (Lipinski definition) is 0. The Morgan fingerprint density at radius 2 is 2.00 bits per heavy atom. The fourth-order valence-corrected chi connectivity index (χ4v) is 3.77. The van der Waals surface area contributed by atoms with Crippen LogP contribution in [0.2, 0.25) is 0 Å². The number of nitrogens with zero attached hydrogens (tertiary/aromatic N) is 2. The first-order valence-electron chi connectivity index (χ1n) is 10.0. The van der Waals surface area contributed by atoms with Crippen LogP contribution in [0, 0.1) is 12.8 Å². The van der Waals surface area contributed by atoms with Crippen LogP contribution in [0.5, 0.6) is 0 Å². The van der Waals surface area contributed by atoms with E-state index < -0.39 is 11.9 Å². The van der Waals surface area contributed by atoms with Crippen molar-refractivity contribution in [3.05, 3.63) is 71.9 Å². The van der Waals surface area contributed by atoms with Crippen LogP contribution in [0.1, 0.15) is 17.7 Å². The number of aromatic nitrogens is 1. The molecule has 1 unspecified atom stereocenters. The number of aryl methyl sites for hydroxylation is 1. The molecule has 3 heterocycles. The number of para-hydroxylation sites is 1. The molecule has 0 N–H and O–H groups in total. The van der Waals surface area contributed by atoms with Crippen LogP contribution in [0.25, 0.3) is 22.5 Å². The van der Waals surface area contributed by atoms with Gasteiger partial charge in [-0.3, -0.25) is 9.59 Å². The van der Waals surface area contributed by atoms with Gasteiger partial charge in [-0.05, 0) is 36.8 Å². The molecule has 5 rings (SSSR count). The summed E-state index contributed by atoms with van der Waals surface area (Å²) in [4.78, 5) is 26.5. The highest BCUT2D eigenvalue weighted by atomic mass is 16.5. The highest BCUT2D eigenvalue weighted by Crippen LogP contribution is 2.29. The summed E-state index contributed by atoms with van der Waals surface area (Å²) in [6.45, 7) is 2.25. The quantitative estimate of drug-likeness (QED) is 0.446. The van der Waals surface area contributed by atoms with Crippen molar-refractivity contribution in [3.8, 4) is 11.5 Å². The highest BCUT2D eigenvalue weighted by molar-refractivity contribution is 5.99. The van der Waals surface area contributed by atoms with Gasteiger partial charge < -0.3 is 18.6 Å². The zero-order valence-corrected chi connectivity index (χ0v) is 16.9. The van der Waals surface area contributed by atoms with Gasteiger partial charge in [-0.15, -0.1) is 0 Å². The van der Waals surface area contributed by atoms with Crippen LogP contribution in [0.15, 0.2) is 69.6 Å². The summed E-state index contributed by atoms with van der Waals surface area (Å²) in [6.07, 6.45) is 0.135. The molecule has 7 heteroatoms. The highest BCUT2D eigenvalue weighted by Gasteiger charge is 2.36. The summed E-state index contributed by atoms with van der Waals surface area (Å²) in [5.74, 6) is 0.0121. The van der Waals surface area contributed by atoms with E-state index in [9.17, 15) is 9.59 Å². The van der Waals surface area contributed by atoms with Crippen molar-refractivity contribution in [1.82, 2.24) is 5.16 Å². The molecule has 0 aliphatic carbocycles. The first-order valence-corrected chi connectivity index (χ1v) is 10.0. The molecule has 156 valence electrons. The zero-order valence-electron chi connectivity index (χ0n) is 16.9. The molecular formula is C24H20N2O5. The van der Waals surface area contributed by atoms with Crippen molar-refractivity contribution in [1.29, 1.82) is 0 Å². The largest absolute Gasteiger partial charge is 0.459 e. The SMILES string of the molecule is Cc1cccc(N2CC(C(=O)OCc3cc(-c4cc5ccccc5o4)on3)CC2=O)c1. The van der Waals surface area contributed by atoms with Crippen LogP contribution >= 0.6 is 0 Å². The van der Waals surface area contributed by atoms with Crippen LogP contribution in [0.3, 0.4) is 0 Å². The number of benzene rings is 2. The Hall–Kier alpha value is -3.87. The number of carbonyl (C=O) groups is 2. The fourth-order valence-electron chi connectivity index (χ4n) is 3.77. The molecule has 0 saturated carbocycles. The van der Waals surface area contributed by atoms with E-state index in [1.54, 1.807) is 11.0 Å². The number of esters is 1. The standard InChI is InChI=1S/C24H20N2O5/c1-15-5-4-7-19(9-15)26-13-17(11-23(26)27)24(28)29-14-18-12-22(31-25-18)21-10-16-6-2-3-8-20(16)30-21/h2-10,12,17H,11,13-14H2,1H3. The van der Waals surface area contributed by atoms with Gasteiger partial charge in [-0.2, -0.15) is 0 Å². The number of carbonyl (C=O) groups excluding carboxylic acids is 2. The molecule has 1 atom stereocenters. The van der Waals surface area contributed by atoms with Gasteiger partial charge in [0.25, 0.3) is 0 Å². The van der Waals surface area contributed by atoms with Crippen LogP contribution in [0.4, 0.5) is 5.69 Å². The minimum absolute atomic E-state index is 0.0301. The predicted octanol–water partition coefficient (Wildman–Crippen LogP) is 4.49. The summed E-state index contributed by atoms with van der Waals surface area (Å²) >= 11 is 0. The molecule has 0 bridgehead atoms. The Labute approximate surface area is 178 Å². The van der Waals surface area contributed by atoms with Gasteiger partial charge in [0.1, 0.15) is 17.9 Å². The molecule has 1 aliphatic heterocycles. The zero-order chi connectivity index (χ0) is 21.4. The minimum atomic E-state index is -0.505. The third-order valence-electron chi connectivity index (χ3n) is 5.36. The van der Waals surface area contributed by atoms with Crippen molar-refractivity contribution in [2.24, 2.45) is 5.92 Å². The normalized spacial score (nSPS) is 16.2. The number of amides is 1. The van der Waals surface area contributed by atoms with E-state index in [1.807, 2.05) is 61.5 Å². The molecule has 4 aromatic rings. The molecule has 2 aromatic heterocycles. The van der Waals surface area contributed by atoms with Crippen molar-refractivity contribution in [2.45, 2.75) is 20.0 Å². The van der Waals surface area contributed by atoms with Crippen LogP contribution < -0.4 is 4.90 Å². The molecule has 1 saturated heterocycles. The maximum absolute atomic E-state index is 12.5. The molecule has 0 spiro atoms. The molecule has 1 amide bonds. The fraction of sp³-hybridized carbons (Fsp3) is 0.208. The Balaban J connectivity index is 1.22. The van der Waals surface area contributed by atoms with E-state index in [0.29, 0.717) is 23.8 Å². The number of hydrogen-bond acceptors (Lipinski definition) is 6. The second kappa shape index (κ2) is 7.75. The van der Waals surface area contributed by atoms with E-state index in [4.69, 9.17) is 13.7 Å². The maximum Gasteiger partial charge on any atom is 0.311 e. The topological polar surface area (TPSA) is 85.8 Å². The molecular weight excluding hydrogens is 396 g/mol. The number of anilines is 1. The second-order valence-corrected chi connectivity index (χ2v) is 7.68. The average molecular weight is 416 g/mol. The lowest BCUT2D eigenvalue weighted by Crippen LogP contribution is -2.26. The van der Waals surface area contributed by atoms with Gasteiger partial charge in [0.15, 0.2) is 5.76 Å². The minimum Gasteiger partial charge on any atom is -0.459 e. The van der Waals surface area contributed by atoms with Gasteiger partial charge >= 0.3 is 5.97 Å². The third-order valence-corrected chi connectivity index (χ3v) is 5.36. The summed E-state index contributed by atoms with van der Waals surface area (Å²) < 4.78 is 16.5. The van der Waals surface area contributed by atoms with E-state index in [0.717, 1.165) is 22.2 Å². The summed E-state index contributed by atoms with van der Waals surface area (Å²) in [6, 6.07) is 18.9. The lowest BCUT2D eigenvalue weighted by atomic mass is 10.1. The molecule has 31 heavy (non-hydrogen) atoms. The number of rotatable bonds is 5. The van der Waals surface area contributed by atoms with Crippen molar-refractivity contribution in [3.63, 3.8) is 0 Å². The first-order chi connectivity index (χ1) is 15.1. The Kier molecular flexibility index (Phi) is 4.78. The number of furan rings is 1. The Bertz CT molecular complexity index is 1240. The Morgan fingerprint density at radius 1 is 1.13 bits per heavy atom. The van der Waals surface area contributed by atoms with Crippen molar-refractivity contribution in [2.75, 3.05) is 11.4 Å². The predicted molar refractivity (Wildman–Crippen MR) is 113 cm³/mol. The third kappa shape index (κ3) is 3.82. The number of ether oxygens (including phenoxy) is 1. The van der Waals surface area contributed by atoms with Gasteiger partial charge in [0.2, 0.25) is 11.7 Å². The van der Waals surface area contributed by atoms with Gasteiger partial charge in [0, 0.05) is 30.1 Å². The number of fused-ring (bicyclic) bond motifs is 1. The second-order valence-electron chi connectivity index (χ2n) is 7.68. The van der Waals surface area contributed by atoms with E-state index in [1.165, 1.54) is 0 Å². The molecule has 7 nitrogen and oxygen atoms in total.